The van der Waals surface area contributed by atoms with Gasteiger partial charge in [0.15, 0.2) is 0 Å². The summed E-state index contributed by atoms with van der Waals surface area (Å²) in [7, 11) is 0. The minimum absolute atomic E-state index is 0.129. The van der Waals surface area contributed by atoms with Crippen molar-refractivity contribution in [3.63, 3.8) is 0 Å². The quantitative estimate of drug-likeness (QED) is 0.807. The predicted molar refractivity (Wildman–Crippen MR) is 63.5 cm³/mol. The SMILES string of the molecule is Nc1ccncc1C(N)Cc1ccncc1. The molecule has 2 heterocycles. The zero-order chi connectivity index (χ0) is 11.4. The van der Waals surface area contributed by atoms with E-state index in [2.05, 4.69) is 9.97 Å². The van der Waals surface area contributed by atoms with E-state index in [1.807, 2.05) is 12.1 Å². The summed E-state index contributed by atoms with van der Waals surface area (Å²) in [5.74, 6) is 0. The van der Waals surface area contributed by atoms with Gasteiger partial charge in [-0.05, 0) is 30.2 Å². The van der Waals surface area contributed by atoms with Crippen LogP contribution in [0.4, 0.5) is 5.69 Å². The van der Waals surface area contributed by atoms with Crippen molar-refractivity contribution in [1.29, 1.82) is 0 Å². The Bertz CT molecular complexity index is 456. The number of nitrogens with two attached hydrogens (primary N) is 2. The minimum Gasteiger partial charge on any atom is -0.398 e. The largest absolute Gasteiger partial charge is 0.398 e. The van der Waals surface area contributed by atoms with Crippen LogP contribution in [0.15, 0.2) is 43.0 Å². The molecule has 0 radical (unpaired) electrons. The van der Waals surface area contributed by atoms with Gasteiger partial charge >= 0.3 is 0 Å². The van der Waals surface area contributed by atoms with Gasteiger partial charge in [0, 0.05) is 42.1 Å². The van der Waals surface area contributed by atoms with Gasteiger partial charge in [0.1, 0.15) is 0 Å². The van der Waals surface area contributed by atoms with Crippen LogP contribution in [0.1, 0.15) is 17.2 Å². The predicted octanol–water partition coefficient (Wildman–Crippen LogP) is 1.30. The highest BCUT2D eigenvalue weighted by molar-refractivity contribution is 5.46. The van der Waals surface area contributed by atoms with Gasteiger partial charge in [-0.25, -0.2) is 0 Å². The molecular formula is C12H14N4. The van der Waals surface area contributed by atoms with Gasteiger partial charge in [-0.15, -0.1) is 0 Å². The van der Waals surface area contributed by atoms with Crippen molar-refractivity contribution >= 4 is 5.69 Å². The van der Waals surface area contributed by atoms with Gasteiger partial charge in [-0.2, -0.15) is 0 Å². The summed E-state index contributed by atoms with van der Waals surface area (Å²) < 4.78 is 0. The fraction of sp³-hybridized carbons (Fsp3) is 0.167. The van der Waals surface area contributed by atoms with E-state index in [1.54, 1.807) is 30.9 Å². The van der Waals surface area contributed by atoms with Gasteiger partial charge in [-0.1, -0.05) is 0 Å². The van der Waals surface area contributed by atoms with Crippen LogP contribution in [0.25, 0.3) is 0 Å². The molecule has 0 spiro atoms. The van der Waals surface area contributed by atoms with Crippen molar-refractivity contribution in [3.05, 3.63) is 54.1 Å². The highest BCUT2D eigenvalue weighted by Gasteiger charge is 2.10. The van der Waals surface area contributed by atoms with Crippen molar-refractivity contribution in [2.24, 2.45) is 5.73 Å². The Labute approximate surface area is 94.3 Å². The first-order valence-electron chi connectivity index (χ1n) is 5.11. The van der Waals surface area contributed by atoms with E-state index in [4.69, 9.17) is 11.5 Å². The molecule has 16 heavy (non-hydrogen) atoms. The van der Waals surface area contributed by atoms with Crippen LogP contribution in [0.2, 0.25) is 0 Å². The molecule has 0 fully saturated rings. The standard InChI is InChI=1S/C12H14N4/c13-11-3-6-16-8-10(11)12(14)7-9-1-4-15-5-2-9/h1-6,8,12H,7,14H2,(H2,13,16). The summed E-state index contributed by atoms with van der Waals surface area (Å²) in [6.45, 7) is 0. The van der Waals surface area contributed by atoms with E-state index in [9.17, 15) is 0 Å². The van der Waals surface area contributed by atoms with Crippen LogP contribution >= 0.6 is 0 Å². The molecule has 1 atom stereocenters. The minimum atomic E-state index is -0.129. The molecule has 0 bridgehead atoms. The molecule has 4 heteroatoms. The normalized spacial score (nSPS) is 12.3. The highest BCUT2D eigenvalue weighted by Crippen LogP contribution is 2.20. The average Bonchev–Trinajstić information content (AvgIpc) is 2.31. The molecule has 0 saturated carbocycles. The molecule has 0 saturated heterocycles. The summed E-state index contributed by atoms with van der Waals surface area (Å²) >= 11 is 0. The Hall–Kier alpha value is -1.94. The number of nitrogen functional groups attached to an aromatic ring is 1. The maximum atomic E-state index is 6.09. The molecule has 4 nitrogen and oxygen atoms in total. The molecule has 1 unspecified atom stereocenters. The molecule has 0 aliphatic carbocycles. The Morgan fingerprint density at radius 2 is 1.75 bits per heavy atom. The fourth-order valence-electron chi connectivity index (χ4n) is 1.61. The van der Waals surface area contributed by atoms with Crippen LogP contribution in [0.3, 0.4) is 0 Å². The average molecular weight is 214 g/mol. The summed E-state index contributed by atoms with van der Waals surface area (Å²) in [6, 6.07) is 5.54. The van der Waals surface area contributed by atoms with Gasteiger partial charge in [0.25, 0.3) is 0 Å². The van der Waals surface area contributed by atoms with E-state index in [-0.39, 0.29) is 6.04 Å². The molecule has 82 valence electrons. The van der Waals surface area contributed by atoms with Crippen molar-refractivity contribution in [2.75, 3.05) is 5.73 Å². The second kappa shape index (κ2) is 4.72. The monoisotopic (exact) mass is 214 g/mol. The maximum absolute atomic E-state index is 6.09. The van der Waals surface area contributed by atoms with E-state index in [0.29, 0.717) is 5.69 Å². The Morgan fingerprint density at radius 1 is 1.06 bits per heavy atom. The summed E-state index contributed by atoms with van der Waals surface area (Å²) in [5.41, 5.74) is 14.7. The highest BCUT2D eigenvalue weighted by atomic mass is 14.7. The van der Waals surface area contributed by atoms with E-state index in [0.717, 1.165) is 17.5 Å². The first kappa shape index (κ1) is 10.6. The zero-order valence-electron chi connectivity index (χ0n) is 8.88. The lowest BCUT2D eigenvalue weighted by Gasteiger charge is -2.13. The van der Waals surface area contributed by atoms with E-state index >= 15 is 0 Å². The molecular weight excluding hydrogens is 200 g/mol. The van der Waals surface area contributed by atoms with Gasteiger partial charge in [-0.3, -0.25) is 9.97 Å². The molecule has 0 aliphatic rings. The smallest absolute Gasteiger partial charge is 0.0393 e. The Balaban J connectivity index is 2.15. The molecule has 4 N–H and O–H groups in total. The Morgan fingerprint density at radius 3 is 2.44 bits per heavy atom. The van der Waals surface area contributed by atoms with Crippen molar-refractivity contribution < 1.29 is 0 Å². The molecule has 2 aromatic heterocycles. The molecule has 2 rings (SSSR count). The first-order chi connectivity index (χ1) is 7.77. The number of anilines is 1. The first-order valence-corrected chi connectivity index (χ1v) is 5.11. The third-order valence-corrected chi connectivity index (χ3v) is 2.49. The summed E-state index contributed by atoms with van der Waals surface area (Å²) in [6.07, 6.45) is 7.64. The topological polar surface area (TPSA) is 77.8 Å². The van der Waals surface area contributed by atoms with Crippen LogP contribution < -0.4 is 11.5 Å². The van der Waals surface area contributed by atoms with Crippen molar-refractivity contribution in [1.82, 2.24) is 9.97 Å². The van der Waals surface area contributed by atoms with Crippen LogP contribution in [0, 0.1) is 0 Å². The fourth-order valence-corrected chi connectivity index (χ4v) is 1.61. The lowest BCUT2D eigenvalue weighted by molar-refractivity contribution is 0.719. The molecule has 0 aromatic carbocycles. The van der Waals surface area contributed by atoms with E-state index in [1.165, 1.54) is 0 Å². The van der Waals surface area contributed by atoms with Crippen molar-refractivity contribution in [3.8, 4) is 0 Å². The molecule has 0 amide bonds. The zero-order valence-corrected chi connectivity index (χ0v) is 8.88. The maximum Gasteiger partial charge on any atom is 0.0393 e. The number of hydrogen-bond acceptors (Lipinski definition) is 4. The number of pyridine rings is 2. The second-order valence-corrected chi connectivity index (χ2v) is 3.67. The van der Waals surface area contributed by atoms with Crippen molar-refractivity contribution in [2.45, 2.75) is 12.5 Å². The summed E-state index contributed by atoms with van der Waals surface area (Å²) in [4.78, 5) is 8.00. The number of aromatic nitrogens is 2. The number of nitrogens with zero attached hydrogens (tertiary/aromatic N) is 2. The Kier molecular flexibility index (Phi) is 3.12. The number of rotatable bonds is 3. The van der Waals surface area contributed by atoms with E-state index < -0.39 is 0 Å². The third-order valence-electron chi connectivity index (χ3n) is 2.49. The van der Waals surface area contributed by atoms with Crippen LogP contribution in [0.5, 0.6) is 0 Å². The van der Waals surface area contributed by atoms with Gasteiger partial charge < -0.3 is 11.5 Å². The van der Waals surface area contributed by atoms with Crippen LogP contribution in [-0.4, -0.2) is 9.97 Å². The summed E-state index contributed by atoms with van der Waals surface area (Å²) in [5, 5.41) is 0. The third kappa shape index (κ3) is 2.35. The lowest BCUT2D eigenvalue weighted by Crippen LogP contribution is -2.15. The van der Waals surface area contributed by atoms with Gasteiger partial charge in [0.2, 0.25) is 0 Å². The number of hydrogen-bond donors (Lipinski definition) is 2. The molecule has 0 aliphatic heterocycles. The molecule has 2 aromatic rings. The van der Waals surface area contributed by atoms with Gasteiger partial charge in [0.05, 0.1) is 0 Å². The second-order valence-electron chi connectivity index (χ2n) is 3.67. The lowest BCUT2D eigenvalue weighted by atomic mass is 10.0. The van der Waals surface area contributed by atoms with Crippen LogP contribution in [-0.2, 0) is 6.42 Å².